The summed E-state index contributed by atoms with van der Waals surface area (Å²) >= 11 is 5.92. The first-order valence-electron chi connectivity index (χ1n) is 3.36. The van der Waals surface area contributed by atoms with Gasteiger partial charge in [-0.05, 0) is 17.5 Å². The number of fused-ring (bicyclic) bond motifs is 1. The second kappa shape index (κ2) is 2.51. The number of nitrogens with zero attached hydrogens (tertiary/aromatic N) is 1. The third-order valence-electron chi connectivity index (χ3n) is 1.63. The summed E-state index contributed by atoms with van der Waals surface area (Å²) in [6.45, 7) is 0. The smallest absolute Gasteiger partial charge is 0.0499 e. The van der Waals surface area contributed by atoms with Crippen LogP contribution in [0.5, 0.6) is 0 Å². The molecule has 0 unspecified atom stereocenters. The van der Waals surface area contributed by atoms with E-state index >= 15 is 0 Å². The van der Waals surface area contributed by atoms with E-state index in [1.54, 1.807) is 12.4 Å². The molecule has 2 aromatic rings. The second-order valence-electron chi connectivity index (χ2n) is 2.34. The molecule has 0 spiro atoms. The van der Waals surface area contributed by atoms with Crippen molar-refractivity contribution in [2.24, 2.45) is 0 Å². The predicted molar refractivity (Wildman–Crippen MR) is 46.8 cm³/mol. The van der Waals surface area contributed by atoms with Crippen LogP contribution in [0.3, 0.4) is 0 Å². The molecular weight excluding hydrogens is 158 g/mol. The Kier molecular flexibility index (Phi) is 1.51. The fourth-order valence-electron chi connectivity index (χ4n) is 1.08. The molecule has 0 saturated carbocycles. The Morgan fingerprint density at radius 1 is 1.18 bits per heavy atom. The topological polar surface area (TPSA) is 12.9 Å². The highest BCUT2D eigenvalue weighted by Gasteiger charge is 1.94. The summed E-state index contributed by atoms with van der Waals surface area (Å²) in [5.74, 6) is 0. The summed E-state index contributed by atoms with van der Waals surface area (Å²) in [6, 6.07) is 7.76. The SMILES string of the molecule is Clc1cccc2ccncc12. The first kappa shape index (κ1) is 6.62. The minimum absolute atomic E-state index is 0.760. The van der Waals surface area contributed by atoms with Gasteiger partial charge in [0.2, 0.25) is 0 Å². The molecule has 1 aromatic heterocycles. The lowest BCUT2D eigenvalue weighted by Crippen LogP contribution is -1.74. The standard InChI is InChI=1S/C9H6ClN/c10-9-3-1-2-7-4-5-11-6-8(7)9/h1-6H. The van der Waals surface area contributed by atoms with Gasteiger partial charge in [-0.3, -0.25) is 4.98 Å². The summed E-state index contributed by atoms with van der Waals surface area (Å²) in [6.07, 6.45) is 3.54. The summed E-state index contributed by atoms with van der Waals surface area (Å²) in [5, 5.41) is 2.90. The lowest BCUT2D eigenvalue weighted by atomic mass is 10.2. The van der Waals surface area contributed by atoms with Crippen LogP contribution >= 0.6 is 11.6 Å². The van der Waals surface area contributed by atoms with Crippen LogP contribution in [0.2, 0.25) is 5.02 Å². The zero-order chi connectivity index (χ0) is 7.68. The average molecular weight is 164 g/mol. The van der Waals surface area contributed by atoms with E-state index in [0.717, 1.165) is 15.8 Å². The minimum atomic E-state index is 0.760. The van der Waals surface area contributed by atoms with Crippen LogP contribution < -0.4 is 0 Å². The molecule has 0 saturated heterocycles. The lowest BCUT2D eigenvalue weighted by molar-refractivity contribution is 1.36. The molecule has 0 aliphatic rings. The van der Waals surface area contributed by atoms with E-state index in [4.69, 9.17) is 11.6 Å². The van der Waals surface area contributed by atoms with E-state index in [2.05, 4.69) is 4.98 Å². The van der Waals surface area contributed by atoms with E-state index < -0.39 is 0 Å². The van der Waals surface area contributed by atoms with E-state index in [9.17, 15) is 0 Å². The van der Waals surface area contributed by atoms with Crippen molar-refractivity contribution in [1.29, 1.82) is 0 Å². The van der Waals surface area contributed by atoms with Gasteiger partial charge in [0.15, 0.2) is 0 Å². The number of benzene rings is 1. The van der Waals surface area contributed by atoms with Gasteiger partial charge in [-0.25, -0.2) is 0 Å². The quantitative estimate of drug-likeness (QED) is 0.582. The van der Waals surface area contributed by atoms with Crippen LogP contribution in [-0.2, 0) is 0 Å². The number of hydrogen-bond acceptors (Lipinski definition) is 1. The van der Waals surface area contributed by atoms with Gasteiger partial charge in [-0.2, -0.15) is 0 Å². The molecular formula is C9H6ClN. The Labute approximate surface area is 69.6 Å². The highest BCUT2D eigenvalue weighted by atomic mass is 35.5. The lowest BCUT2D eigenvalue weighted by Gasteiger charge is -1.96. The number of rotatable bonds is 0. The Morgan fingerprint density at radius 2 is 2.09 bits per heavy atom. The summed E-state index contributed by atoms with van der Waals surface area (Å²) in [5.41, 5.74) is 0. The van der Waals surface area contributed by atoms with Crippen molar-refractivity contribution in [1.82, 2.24) is 4.98 Å². The molecule has 11 heavy (non-hydrogen) atoms. The fraction of sp³-hybridized carbons (Fsp3) is 0. The van der Waals surface area contributed by atoms with E-state index in [1.807, 2.05) is 24.3 Å². The van der Waals surface area contributed by atoms with Gasteiger partial charge < -0.3 is 0 Å². The van der Waals surface area contributed by atoms with Gasteiger partial charge in [0, 0.05) is 22.8 Å². The van der Waals surface area contributed by atoms with E-state index in [-0.39, 0.29) is 0 Å². The molecule has 1 aromatic carbocycles. The van der Waals surface area contributed by atoms with Crippen molar-refractivity contribution >= 4 is 22.4 Å². The zero-order valence-electron chi connectivity index (χ0n) is 5.79. The fourth-order valence-corrected chi connectivity index (χ4v) is 1.31. The first-order valence-corrected chi connectivity index (χ1v) is 3.74. The minimum Gasteiger partial charge on any atom is -0.264 e. The third kappa shape index (κ3) is 1.08. The molecule has 0 amide bonds. The maximum Gasteiger partial charge on any atom is 0.0499 e. The summed E-state index contributed by atoms with van der Waals surface area (Å²) < 4.78 is 0. The average Bonchev–Trinajstić information content (AvgIpc) is 2.06. The van der Waals surface area contributed by atoms with Crippen LogP contribution in [0.25, 0.3) is 10.8 Å². The molecule has 2 heteroatoms. The maximum absolute atomic E-state index is 5.92. The predicted octanol–water partition coefficient (Wildman–Crippen LogP) is 2.89. The molecule has 2 rings (SSSR count). The molecule has 0 radical (unpaired) electrons. The number of pyridine rings is 1. The Morgan fingerprint density at radius 3 is 2.91 bits per heavy atom. The van der Waals surface area contributed by atoms with Crippen LogP contribution in [-0.4, -0.2) is 4.98 Å². The molecule has 1 heterocycles. The molecule has 0 fully saturated rings. The molecule has 1 nitrogen and oxygen atoms in total. The van der Waals surface area contributed by atoms with Crippen molar-refractivity contribution in [2.45, 2.75) is 0 Å². The molecule has 0 aliphatic carbocycles. The van der Waals surface area contributed by atoms with E-state index in [0.29, 0.717) is 0 Å². The van der Waals surface area contributed by atoms with Gasteiger partial charge in [0.05, 0.1) is 0 Å². The van der Waals surface area contributed by atoms with Crippen molar-refractivity contribution in [3.8, 4) is 0 Å². The molecule has 0 N–H and O–H groups in total. The van der Waals surface area contributed by atoms with Crippen LogP contribution in [0.4, 0.5) is 0 Å². The number of halogens is 1. The van der Waals surface area contributed by atoms with Crippen LogP contribution in [0, 0.1) is 0 Å². The van der Waals surface area contributed by atoms with Crippen molar-refractivity contribution < 1.29 is 0 Å². The molecule has 54 valence electrons. The molecule has 0 atom stereocenters. The number of hydrogen-bond donors (Lipinski definition) is 0. The van der Waals surface area contributed by atoms with Gasteiger partial charge in [-0.1, -0.05) is 23.7 Å². The van der Waals surface area contributed by atoms with Crippen LogP contribution in [0.1, 0.15) is 0 Å². The number of aromatic nitrogens is 1. The maximum atomic E-state index is 5.92. The summed E-state index contributed by atoms with van der Waals surface area (Å²) in [7, 11) is 0. The molecule has 0 bridgehead atoms. The monoisotopic (exact) mass is 163 g/mol. The second-order valence-corrected chi connectivity index (χ2v) is 2.74. The van der Waals surface area contributed by atoms with Crippen molar-refractivity contribution in [3.63, 3.8) is 0 Å². The Balaban J connectivity index is 2.91. The van der Waals surface area contributed by atoms with Crippen LogP contribution in [0.15, 0.2) is 36.7 Å². The van der Waals surface area contributed by atoms with Gasteiger partial charge in [0.25, 0.3) is 0 Å². The highest BCUT2D eigenvalue weighted by molar-refractivity contribution is 6.35. The first-order chi connectivity index (χ1) is 5.38. The highest BCUT2D eigenvalue weighted by Crippen LogP contribution is 2.21. The zero-order valence-corrected chi connectivity index (χ0v) is 6.55. The normalized spacial score (nSPS) is 10.3. The third-order valence-corrected chi connectivity index (χ3v) is 1.96. The molecule has 0 aliphatic heterocycles. The summed E-state index contributed by atoms with van der Waals surface area (Å²) in [4.78, 5) is 3.99. The Hall–Kier alpha value is -1.08. The van der Waals surface area contributed by atoms with Gasteiger partial charge >= 0.3 is 0 Å². The van der Waals surface area contributed by atoms with E-state index in [1.165, 1.54) is 0 Å². The van der Waals surface area contributed by atoms with Crippen molar-refractivity contribution in [2.75, 3.05) is 0 Å². The van der Waals surface area contributed by atoms with Crippen molar-refractivity contribution in [3.05, 3.63) is 41.7 Å². The Bertz CT molecular complexity index is 379. The van der Waals surface area contributed by atoms with Gasteiger partial charge in [-0.15, -0.1) is 0 Å². The largest absolute Gasteiger partial charge is 0.264 e. The van der Waals surface area contributed by atoms with Gasteiger partial charge in [0.1, 0.15) is 0 Å².